The molecule has 3 rings (SSSR count). The number of halogens is 2. The molecule has 0 saturated heterocycles. The van der Waals surface area contributed by atoms with E-state index in [1.54, 1.807) is 0 Å². The van der Waals surface area contributed by atoms with Crippen LogP contribution in [0.2, 0.25) is 0 Å². The molecule has 0 N–H and O–H groups in total. The van der Waals surface area contributed by atoms with E-state index in [4.69, 9.17) is 0 Å². The number of benzene rings is 2. The molecule has 8 heteroatoms. The van der Waals surface area contributed by atoms with Crippen molar-refractivity contribution < 1.29 is 17.2 Å². The SMILES string of the molecule is Cc1c(N(Cc2ccc(F)c(F)c2)S(=O)(=O)N(C)C)sc2ccccc12. The number of aryl methyl sites for hydroxylation is 1. The highest BCUT2D eigenvalue weighted by molar-refractivity contribution is 7.90. The molecule has 0 atom stereocenters. The average Bonchev–Trinajstić information content (AvgIpc) is 2.92. The highest BCUT2D eigenvalue weighted by Crippen LogP contribution is 2.39. The van der Waals surface area contributed by atoms with Gasteiger partial charge in [0.25, 0.3) is 0 Å². The minimum Gasteiger partial charge on any atom is -0.244 e. The fourth-order valence-electron chi connectivity index (χ4n) is 2.66. The van der Waals surface area contributed by atoms with Crippen LogP contribution < -0.4 is 4.31 Å². The van der Waals surface area contributed by atoms with Gasteiger partial charge in [-0.15, -0.1) is 11.3 Å². The summed E-state index contributed by atoms with van der Waals surface area (Å²) in [6.45, 7) is 1.77. The molecule has 0 aliphatic carbocycles. The molecule has 0 amide bonds. The van der Waals surface area contributed by atoms with E-state index in [2.05, 4.69) is 0 Å². The average molecular weight is 396 g/mol. The molecule has 0 fully saturated rings. The second kappa shape index (κ2) is 6.94. The first-order valence-electron chi connectivity index (χ1n) is 7.84. The zero-order chi connectivity index (χ0) is 19.1. The Balaban J connectivity index is 2.14. The van der Waals surface area contributed by atoms with Gasteiger partial charge in [-0.05, 0) is 41.6 Å². The third-order valence-corrected chi connectivity index (χ3v) is 7.30. The smallest absolute Gasteiger partial charge is 0.244 e. The summed E-state index contributed by atoms with van der Waals surface area (Å²) in [4.78, 5) is 0. The molecule has 2 aromatic carbocycles. The van der Waals surface area contributed by atoms with Crippen LogP contribution in [0.3, 0.4) is 0 Å². The summed E-state index contributed by atoms with van der Waals surface area (Å²) in [5, 5.41) is 1.53. The topological polar surface area (TPSA) is 40.6 Å². The Morgan fingerprint density at radius 2 is 1.73 bits per heavy atom. The Labute approximate surface area is 155 Å². The molecule has 26 heavy (non-hydrogen) atoms. The first kappa shape index (κ1) is 18.8. The Morgan fingerprint density at radius 3 is 2.35 bits per heavy atom. The van der Waals surface area contributed by atoms with Crippen LogP contribution in [0.25, 0.3) is 10.1 Å². The Kier molecular flexibility index (Phi) is 5.01. The maximum atomic E-state index is 13.6. The quantitative estimate of drug-likeness (QED) is 0.645. The van der Waals surface area contributed by atoms with Crippen molar-refractivity contribution >= 4 is 36.6 Å². The predicted molar refractivity (Wildman–Crippen MR) is 102 cm³/mol. The maximum Gasteiger partial charge on any atom is 0.304 e. The van der Waals surface area contributed by atoms with Gasteiger partial charge in [0.05, 0.1) is 6.54 Å². The van der Waals surface area contributed by atoms with Gasteiger partial charge in [0.1, 0.15) is 5.00 Å². The number of hydrogen-bond acceptors (Lipinski definition) is 3. The van der Waals surface area contributed by atoms with E-state index in [1.165, 1.54) is 35.8 Å². The number of fused-ring (bicyclic) bond motifs is 1. The Morgan fingerprint density at radius 1 is 1.04 bits per heavy atom. The van der Waals surface area contributed by atoms with E-state index >= 15 is 0 Å². The lowest BCUT2D eigenvalue weighted by atomic mass is 10.2. The second-order valence-corrected chi connectivity index (χ2v) is 9.17. The first-order valence-corrected chi connectivity index (χ1v) is 10.1. The van der Waals surface area contributed by atoms with Crippen LogP contribution in [-0.2, 0) is 16.8 Å². The first-order chi connectivity index (χ1) is 12.2. The normalized spacial score (nSPS) is 12.1. The Bertz CT molecular complexity index is 1060. The summed E-state index contributed by atoms with van der Waals surface area (Å²) in [7, 11) is -0.941. The van der Waals surface area contributed by atoms with Crippen molar-refractivity contribution in [2.45, 2.75) is 13.5 Å². The van der Waals surface area contributed by atoms with Crippen molar-refractivity contribution in [2.24, 2.45) is 0 Å². The van der Waals surface area contributed by atoms with Gasteiger partial charge in [-0.3, -0.25) is 0 Å². The van der Waals surface area contributed by atoms with E-state index in [0.29, 0.717) is 10.6 Å². The molecule has 0 unspecified atom stereocenters. The van der Waals surface area contributed by atoms with Gasteiger partial charge in [0, 0.05) is 18.8 Å². The van der Waals surface area contributed by atoms with E-state index in [0.717, 1.165) is 32.1 Å². The number of thiophene rings is 1. The number of hydrogen-bond donors (Lipinski definition) is 0. The molecule has 0 bridgehead atoms. The minimum absolute atomic E-state index is 0.0919. The van der Waals surface area contributed by atoms with Gasteiger partial charge in [-0.2, -0.15) is 12.7 Å². The van der Waals surface area contributed by atoms with Crippen molar-refractivity contribution in [1.82, 2.24) is 4.31 Å². The minimum atomic E-state index is -3.82. The van der Waals surface area contributed by atoms with Crippen LogP contribution in [0.1, 0.15) is 11.1 Å². The van der Waals surface area contributed by atoms with Crippen LogP contribution in [0.4, 0.5) is 13.8 Å². The fraction of sp³-hybridized carbons (Fsp3) is 0.222. The largest absolute Gasteiger partial charge is 0.304 e. The molecular formula is C18H18F2N2O2S2. The van der Waals surface area contributed by atoms with Gasteiger partial charge in [-0.25, -0.2) is 13.1 Å². The van der Waals surface area contributed by atoms with Crippen molar-refractivity contribution in [3.05, 3.63) is 65.2 Å². The van der Waals surface area contributed by atoms with Gasteiger partial charge < -0.3 is 0 Å². The summed E-state index contributed by atoms with van der Waals surface area (Å²) in [5.41, 5.74) is 1.20. The van der Waals surface area contributed by atoms with Gasteiger partial charge in [-0.1, -0.05) is 24.3 Å². The van der Waals surface area contributed by atoms with E-state index in [-0.39, 0.29) is 6.54 Å². The summed E-state index contributed by atoms with van der Waals surface area (Å²) in [5.74, 6) is -1.97. The third-order valence-electron chi connectivity index (χ3n) is 4.10. The molecule has 3 aromatic rings. The van der Waals surface area contributed by atoms with Gasteiger partial charge in [0.15, 0.2) is 11.6 Å². The third kappa shape index (κ3) is 3.32. The number of nitrogens with zero attached hydrogens (tertiary/aromatic N) is 2. The highest BCUT2D eigenvalue weighted by atomic mass is 32.2. The standard InChI is InChI=1S/C18H18F2N2O2S2/c1-12-14-6-4-5-7-17(14)25-18(12)22(26(23,24)21(2)3)11-13-8-9-15(19)16(20)10-13/h4-10H,11H2,1-3H3. The van der Waals surface area contributed by atoms with Crippen LogP contribution in [-0.4, -0.2) is 26.8 Å². The van der Waals surface area contributed by atoms with Crippen molar-refractivity contribution in [2.75, 3.05) is 18.4 Å². The molecule has 0 spiro atoms. The second-order valence-electron chi connectivity index (χ2n) is 6.07. The molecule has 4 nitrogen and oxygen atoms in total. The highest BCUT2D eigenvalue weighted by Gasteiger charge is 2.29. The lowest BCUT2D eigenvalue weighted by Gasteiger charge is -2.27. The van der Waals surface area contributed by atoms with Gasteiger partial charge >= 0.3 is 10.2 Å². The van der Waals surface area contributed by atoms with Crippen molar-refractivity contribution in [3.63, 3.8) is 0 Å². The van der Waals surface area contributed by atoms with Crippen molar-refractivity contribution in [3.8, 4) is 0 Å². The molecule has 0 aliphatic heterocycles. The zero-order valence-corrected chi connectivity index (χ0v) is 16.2. The molecule has 138 valence electrons. The van der Waals surface area contributed by atoms with E-state index in [1.807, 2.05) is 31.2 Å². The summed E-state index contributed by atoms with van der Waals surface area (Å²) in [6.07, 6.45) is 0. The van der Waals surface area contributed by atoms with Crippen molar-refractivity contribution in [1.29, 1.82) is 0 Å². The number of anilines is 1. The van der Waals surface area contributed by atoms with Gasteiger partial charge in [0.2, 0.25) is 0 Å². The summed E-state index contributed by atoms with van der Waals surface area (Å²) >= 11 is 1.36. The molecular weight excluding hydrogens is 378 g/mol. The van der Waals surface area contributed by atoms with Crippen LogP contribution in [0.15, 0.2) is 42.5 Å². The molecule has 1 heterocycles. The fourth-order valence-corrected chi connectivity index (χ4v) is 5.22. The van der Waals surface area contributed by atoms with Crippen LogP contribution in [0, 0.1) is 18.6 Å². The molecule has 0 saturated carbocycles. The lowest BCUT2D eigenvalue weighted by molar-refractivity contribution is 0.505. The summed E-state index contributed by atoms with van der Waals surface area (Å²) in [6, 6.07) is 11.1. The molecule has 0 aliphatic rings. The Hall–Kier alpha value is -2.03. The van der Waals surface area contributed by atoms with E-state index in [9.17, 15) is 17.2 Å². The number of rotatable bonds is 5. The molecule has 1 aromatic heterocycles. The van der Waals surface area contributed by atoms with Crippen LogP contribution >= 0.6 is 11.3 Å². The summed E-state index contributed by atoms with van der Waals surface area (Å²) < 4.78 is 55.9. The maximum absolute atomic E-state index is 13.6. The van der Waals surface area contributed by atoms with Crippen LogP contribution in [0.5, 0.6) is 0 Å². The predicted octanol–water partition coefficient (Wildman–Crippen LogP) is 4.30. The molecule has 0 radical (unpaired) electrons. The lowest BCUT2D eigenvalue weighted by Crippen LogP contribution is -2.39. The monoisotopic (exact) mass is 396 g/mol. The van der Waals surface area contributed by atoms with E-state index < -0.39 is 21.8 Å². The zero-order valence-electron chi connectivity index (χ0n) is 14.5.